The van der Waals surface area contributed by atoms with Crippen molar-refractivity contribution < 1.29 is 14.2 Å². The molecule has 26 heavy (non-hydrogen) atoms. The van der Waals surface area contributed by atoms with Crippen molar-refractivity contribution in [3.63, 3.8) is 0 Å². The number of benzene rings is 1. The molecule has 0 unspecified atom stereocenters. The summed E-state index contributed by atoms with van der Waals surface area (Å²) in [4.78, 5) is 4.70. The second-order valence-electron chi connectivity index (χ2n) is 6.83. The Labute approximate surface area is 157 Å². The molecule has 0 amide bonds. The minimum atomic E-state index is 0.178. The summed E-state index contributed by atoms with van der Waals surface area (Å²) in [5, 5.41) is 6.76. The molecule has 1 fully saturated rings. The van der Waals surface area contributed by atoms with Crippen molar-refractivity contribution in [3.05, 3.63) is 24.3 Å². The molecule has 0 radical (unpaired) electrons. The maximum atomic E-state index is 5.68. The second-order valence-corrected chi connectivity index (χ2v) is 6.83. The van der Waals surface area contributed by atoms with Crippen LogP contribution in [-0.2, 0) is 9.47 Å². The zero-order valence-electron chi connectivity index (χ0n) is 16.3. The van der Waals surface area contributed by atoms with Gasteiger partial charge in [0, 0.05) is 32.5 Å². The first-order valence-electron chi connectivity index (χ1n) is 9.56. The SMILES string of the molecule is COCCOCCCNC(=NCC1CC1)Nc1ccc(OC(C)C)cc1. The first kappa shape index (κ1) is 20.5. The summed E-state index contributed by atoms with van der Waals surface area (Å²) < 4.78 is 16.1. The van der Waals surface area contributed by atoms with Gasteiger partial charge in [0.25, 0.3) is 0 Å². The number of rotatable bonds is 12. The van der Waals surface area contributed by atoms with Crippen molar-refractivity contribution in [2.45, 2.75) is 39.2 Å². The maximum absolute atomic E-state index is 5.68. The highest BCUT2D eigenvalue weighted by Crippen LogP contribution is 2.28. The van der Waals surface area contributed by atoms with Crippen LogP contribution in [0, 0.1) is 5.92 Å². The fraction of sp³-hybridized carbons (Fsp3) is 0.650. The molecular formula is C20H33N3O3. The lowest BCUT2D eigenvalue weighted by Gasteiger charge is -2.14. The van der Waals surface area contributed by atoms with Gasteiger partial charge in [-0.25, -0.2) is 0 Å². The van der Waals surface area contributed by atoms with E-state index < -0.39 is 0 Å². The fourth-order valence-electron chi connectivity index (χ4n) is 2.31. The van der Waals surface area contributed by atoms with Gasteiger partial charge in [-0.1, -0.05) is 0 Å². The molecule has 0 heterocycles. The van der Waals surface area contributed by atoms with Crippen LogP contribution < -0.4 is 15.4 Å². The zero-order chi connectivity index (χ0) is 18.6. The number of anilines is 1. The minimum absolute atomic E-state index is 0.178. The van der Waals surface area contributed by atoms with Gasteiger partial charge in [0.1, 0.15) is 5.75 Å². The van der Waals surface area contributed by atoms with E-state index >= 15 is 0 Å². The van der Waals surface area contributed by atoms with E-state index in [0.717, 1.165) is 42.8 Å². The van der Waals surface area contributed by atoms with Crippen LogP contribution in [0.2, 0.25) is 0 Å². The average Bonchev–Trinajstić information content (AvgIpc) is 3.44. The number of methoxy groups -OCH3 is 1. The summed E-state index contributed by atoms with van der Waals surface area (Å²) in [6, 6.07) is 7.98. The van der Waals surface area contributed by atoms with Crippen LogP contribution in [0.1, 0.15) is 33.1 Å². The molecule has 2 N–H and O–H groups in total. The Morgan fingerprint density at radius 2 is 1.92 bits per heavy atom. The zero-order valence-corrected chi connectivity index (χ0v) is 16.3. The van der Waals surface area contributed by atoms with E-state index in [1.807, 2.05) is 38.1 Å². The standard InChI is InChI=1S/C20H33N3O3/c1-16(2)26-19-9-7-18(8-10-19)23-20(22-15-17-5-6-17)21-11-4-12-25-14-13-24-3/h7-10,16-17H,4-6,11-15H2,1-3H3,(H2,21,22,23). The van der Waals surface area contributed by atoms with E-state index in [2.05, 4.69) is 10.6 Å². The van der Waals surface area contributed by atoms with Gasteiger partial charge >= 0.3 is 0 Å². The molecule has 6 nitrogen and oxygen atoms in total. The quantitative estimate of drug-likeness (QED) is 0.339. The predicted molar refractivity (Wildman–Crippen MR) is 106 cm³/mol. The lowest BCUT2D eigenvalue weighted by Crippen LogP contribution is -2.32. The smallest absolute Gasteiger partial charge is 0.195 e. The monoisotopic (exact) mass is 363 g/mol. The van der Waals surface area contributed by atoms with Gasteiger partial charge in [0.2, 0.25) is 0 Å². The molecule has 1 aliphatic carbocycles. The van der Waals surface area contributed by atoms with Crippen molar-refractivity contribution in [3.8, 4) is 5.75 Å². The molecule has 0 bridgehead atoms. The molecule has 0 aromatic heterocycles. The Morgan fingerprint density at radius 1 is 1.15 bits per heavy atom. The van der Waals surface area contributed by atoms with E-state index in [4.69, 9.17) is 19.2 Å². The largest absolute Gasteiger partial charge is 0.491 e. The maximum Gasteiger partial charge on any atom is 0.195 e. The van der Waals surface area contributed by atoms with Crippen molar-refractivity contribution in [2.75, 3.05) is 45.3 Å². The van der Waals surface area contributed by atoms with Crippen molar-refractivity contribution in [1.82, 2.24) is 5.32 Å². The summed E-state index contributed by atoms with van der Waals surface area (Å²) in [5.41, 5.74) is 1.000. The van der Waals surface area contributed by atoms with E-state index in [1.54, 1.807) is 7.11 Å². The molecule has 6 heteroatoms. The Bertz CT molecular complexity index is 528. The van der Waals surface area contributed by atoms with E-state index in [0.29, 0.717) is 19.8 Å². The topological polar surface area (TPSA) is 64.1 Å². The van der Waals surface area contributed by atoms with Gasteiger partial charge < -0.3 is 24.8 Å². The highest BCUT2D eigenvalue weighted by molar-refractivity contribution is 5.93. The molecule has 1 aromatic rings. The van der Waals surface area contributed by atoms with Gasteiger partial charge in [-0.2, -0.15) is 0 Å². The van der Waals surface area contributed by atoms with Crippen LogP contribution in [0.5, 0.6) is 5.75 Å². The number of nitrogens with zero attached hydrogens (tertiary/aromatic N) is 1. The highest BCUT2D eigenvalue weighted by atomic mass is 16.5. The first-order valence-corrected chi connectivity index (χ1v) is 9.56. The van der Waals surface area contributed by atoms with Crippen LogP contribution in [0.3, 0.4) is 0 Å². The molecule has 0 spiro atoms. The summed E-state index contributed by atoms with van der Waals surface area (Å²) in [6.07, 6.45) is 3.70. The highest BCUT2D eigenvalue weighted by Gasteiger charge is 2.20. The van der Waals surface area contributed by atoms with Crippen molar-refractivity contribution >= 4 is 11.6 Å². The normalized spacial score (nSPS) is 14.5. The Morgan fingerprint density at radius 3 is 2.58 bits per heavy atom. The molecule has 146 valence electrons. The van der Waals surface area contributed by atoms with Gasteiger partial charge in [0.15, 0.2) is 5.96 Å². The lowest BCUT2D eigenvalue weighted by molar-refractivity contribution is 0.0699. The number of ether oxygens (including phenoxy) is 3. The number of guanidine groups is 1. The molecule has 0 saturated heterocycles. The predicted octanol–water partition coefficient (Wildman–Crippen LogP) is 3.29. The van der Waals surface area contributed by atoms with Crippen LogP contribution >= 0.6 is 0 Å². The third kappa shape index (κ3) is 9.06. The fourth-order valence-corrected chi connectivity index (χ4v) is 2.31. The Balaban J connectivity index is 1.77. The Kier molecular flexibility index (Phi) is 9.28. The molecule has 2 rings (SSSR count). The number of hydrogen-bond donors (Lipinski definition) is 2. The third-order valence-electron chi connectivity index (χ3n) is 3.88. The van der Waals surface area contributed by atoms with Crippen LogP contribution in [-0.4, -0.2) is 52.1 Å². The van der Waals surface area contributed by atoms with Gasteiger partial charge in [-0.15, -0.1) is 0 Å². The summed E-state index contributed by atoms with van der Waals surface area (Å²) in [5.74, 6) is 2.46. The van der Waals surface area contributed by atoms with Crippen molar-refractivity contribution in [2.24, 2.45) is 10.9 Å². The number of hydrogen-bond acceptors (Lipinski definition) is 4. The second kappa shape index (κ2) is 11.8. The van der Waals surface area contributed by atoms with E-state index in [9.17, 15) is 0 Å². The minimum Gasteiger partial charge on any atom is -0.491 e. The van der Waals surface area contributed by atoms with Crippen LogP contribution in [0.15, 0.2) is 29.3 Å². The number of nitrogens with one attached hydrogen (secondary N) is 2. The molecule has 1 aromatic carbocycles. The van der Waals surface area contributed by atoms with E-state index in [-0.39, 0.29) is 6.10 Å². The molecule has 1 aliphatic rings. The van der Waals surface area contributed by atoms with Crippen molar-refractivity contribution in [1.29, 1.82) is 0 Å². The summed E-state index contributed by atoms with van der Waals surface area (Å²) in [7, 11) is 1.68. The summed E-state index contributed by atoms with van der Waals surface area (Å²) >= 11 is 0. The third-order valence-corrected chi connectivity index (χ3v) is 3.88. The Hall–Kier alpha value is -1.79. The lowest BCUT2D eigenvalue weighted by atomic mass is 10.3. The molecular weight excluding hydrogens is 330 g/mol. The van der Waals surface area contributed by atoms with Gasteiger partial charge in [-0.3, -0.25) is 4.99 Å². The van der Waals surface area contributed by atoms with Crippen LogP contribution in [0.25, 0.3) is 0 Å². The van der Waals surface area contributed by atoms with Gasteiger partial charge in [0.05, 0.1) is 19.3 Å². The first-order chi connectivity index (χ1) is 12.7. The van der Waals surface area contributed by atoms with E-state index in [1.165, 1.54) is 12.8 Å². The molecule has 0 aliphatic heterocycles. The number of aliphatic imine (C=N–C) groups is 1. The molecule has 0 atom stereocenters. The van der Waals surface area contributed by atoms with Crippen LogP contribution in [0.4, 0.5) is 5.69 Å². The average molecular weight is 364 g/mol. The summed E-state index contributed by atoms with van der Waals surface area (Å²) in [6.45, 7) is 7.75. The van der Waals surface area contributed by atoms with Gasteiger partial charge in [-0.05, 0) is 63.3 Å². The molecule has 1 saturated carbocycles.